The number of carbonyl (C=O) groups is 2. The quantitative estimate of drug-likeness (QED) is 0.812. The minimum Gasteiger partial charge on any atom is -0.330 e. The van der Waals surface area contributed by atoms with Gasteiger partial charge in [0.25, 0.3) is 0 Å². The Labute approximate surface area is 138 Å². The molecule has 0 radical (unpaired) electrons. The van der Waals surface area contributed by atoms with Gasteiger partial charge < -0.3 is 16.0 Å². The van der Waals surface area contributed by atoms with Crippen LogP contribution in [-0.2, 0) is 4.79 Å². The number of anilines is 1. The summed E-state index contributed by atoms with van der Waals surface area (Å²) in [7, 11) is 0. The predicted octanol–water partition coefficient (Wildman–Crippen LogP) is 2.95. The number of para-hydroxylation sites is 1. The van der Waals surface area contributed by atoms with E-state index in [1.54, 1.807) is 42.5 Å². The first kappa shape index (κ1) is 15.7. The van der Waals surface area contributed by atoms with E-state index in [-0.39, 0.29) is 17.2 Å². The van der Waals surface area contributed by atoms with Crippen molar-refractivity contribution in [3.63, 3.8) is 0 Å². The monoisotopic (exact) mass is 325 g/mol. The zero-order valence-electron chi connectivity index (χ0n) is 12.8. The Morgan fingerprint density at radius 3 is 2.46 bits per heavy atom. The number of amides is 3. The Morgan fingerprint density at radius 2 is 1.75 bits per heavy atom. The molecule has 0 bridgehead atoms. The first-order valence-corrected chi connectivity index (χ1v) is 7.43. The van der Waals surface area contributed by atoms with Crippen LogP contribution in [0.1, 0.15) is 11.6 Å². The maximum absolute atomic E-state index is 14.2. The molecule has 24 heavy (non-hydrogen) atoms. The fourth-order valence-corrected chi connectivity index (χ4v) is 2.72. The van der Waals surface area contributed by atoms with Gasteiger partial charge in [-0.3, -0.25) is 4.79 Å². The van der Waals surface area contributed by atoms with Crippen molar-refractivity contribution in [1.29, 1.82) is 0 Å². The van der Waals surface area contributed by atoms with Crippen LogP contribution < -0.4 is 16.0 Å². The zero-order valence-corrected chi connectivity index (χ0v) is 12.8. The highest BCUT2D eigenvalue weighted by Crippen LogP contribution is 2.31. The molecule has 3 rings (SSSR count). The molecule has 3 amide bonds. The van der Waals surface area contributed by atoms with E-state index in [9.17, 15) is 14.0 Å². The highest BCUT2D eigenvalue weighted by Gasteiger charge is 2.38. The third kappa shape index (κ3) is 3.12. The van der Waals surface area contributed by atoms with Gasteiger partial charge in [0.05, 0.1) is 6.04 Å². The van der Waals surface area contributed by atoms with Crippen LogP contribution in [0.15, 0.2) is 66.9 Å². The largest absolute Gasteiger partial charge is 0.330 e. The van der Waals surface area contributed by atoms with Gasteiger partial charge in [-0.05, 0) is 18.2 Å². The second-order valence-corrected chi connectivity index (χ2v) is 5.46. The smallest absolute Gasteiger partial charge is 0.319 e. The third-order valence-electron chi connectivity index (χ3n) is 3.83. The number of carbonyl (C=O) groups excluding carboxylic acids is 2. The average Bonchev–Trinajstić information content (AvgIpc) is 2.55. The van der Waals surface area contributed by atoms with E-state index in [1.807, 2.05) is 6.07 Å². The second-order valence-electron chi connectivity index (χ2n) is 5.46. The Kier molecular flexibility index (Phi) is 4.29. The lowest BCUT2D eigenvalue weighted by atomic mass is 9.88. The first-order valence-electron chi connectivity index (χ1n) is 7.43. The SMILES string of the molecule is C=C1NC(=O)NC(c2ccccc2F)C1C(=O)Nc1ccccc1. The molecule has 2 unspecified atom stereocenters. The number of hydrogen-bond donors (Lipinski definition) is 3. The second kappa shape index (κ2) is 6.54. The van der Waals surface area contributed by atoms with Crippen LogP contribution in [0.4, 0.5) is 14.9 Å². The van der Waals surface area contributed by atoms with Crippen molar-refractivity contribution in [2.45, 2.75) is 6.04 Å². The fraction of sp³-hybridized carbons (Fsp3) is 0.111. The molecule has 1 saturated heterocycles. The summed E-state index contributed by atoms with van der Waals surface area (Å²) in [6.07, 6.45) is 0. The summed E-state index contributed by atoms with van der Waals surface area (Å²) in [5.41, 5.74) is 1.07. The summed E-state index contributed by atoms with van der Waals surface area (Å²) < 4.78 is 14.2. The van der Waals surface area contributed by atoms with Crippen molar-refractivity contribution >= 4 is 17.6 Å². The Hall–Kier alpha value is -3.15. The van der Waals surface area contributed by atoms with E-state index >= 15 is 0 Å². The highest BCUT2D eigenvalue weighted by molar-refractivity contribution is 5.97. The Morgan fingerprint density at radius 1 is 1.08 bits per heavy atom. The molecular formula is C18H16FN3O2. The number of benzene rings is 2. The molecule has 0 spiro atoms. The van der Waals surface area contributed by atoms with Gasteiger partial charge in [0.2, 0.25) is 5.91 Å². The molecule has 2 aromatic carbocycles. The van der Waals surface area contributed by atoms with Crippen molar-refractivity contribution in [2.24, 2.45) is 5.92 Å². The maximum atomic E-state index is 14.2. The molecular weight excluding hydrogens is 309 g/mol. The van der Waals surface area contributed by atoms with E-state index in [0.717, 1.165) is 0 Å². The van der Waals surface area contributed by atoms with Crippen LogP contribution in [0.2, 0.25) is 0 Å². The molecule has 0 saturated carbocycles. The minimum absolute atomic E-state index is 0.223. The summed E-state index contributed by atoms with van der Waals surface area (Å²) in [5, 5.41) is 7.86. The van der Waals surface area contributed by atoms with Crippen molar-refractivity contribution in [3.05, 3.63) is 78.3 Å². The summed E-state index contributed by atoms with van der Waals surface area (Å²) in [6, 6.07) is 13.6. The van der Waals surface area contributed by atoms with Gasteiger partial charge in [0.1, 0.15) is 11.7 Å². The van der Waals surface area contributed by atoms with Gasteiger partial charge >= 0.3 is 6.03 Å². The van der Waals surface area contributed by atoms with Crippen LogP contribution in [-0.4, -0.2) is 11.9 Å². The van der Waals surface area contributed by atoms with E-state index in [1.165, 1.54) is 6.07 Å². The van der Waals surface area contributed by atoms with Gasteiger partial charge in [-0.25, -0.2) is 9.18 Å². The summed E-state index contributed by atoms with van der Waals surface area (Å²) in [5.74, 6) is -1.72. The van der Waals surface area contributed by atoms with Crippen molar-refractivity contribution in [3.8, 4) is 0 Å². The van der Waals surface area contributed by atoms with Gasteiger partial charge in [-0.1, -0.05) is 43.0 Å². The normalized spacial score (nSPS) is 20.0. The van der Waals surface area contributed by atoms with Crippen LogP contribution in [0.25, 0.3) is 0 Å². The maximum Gasteiger partial charge on any atom is 0.319 e. The molecule has 122 valence electrons. The number of rotatable bonds is 3. The molecule has 5 nitrogen and oxygen atoms in total. The summed E-state index contributed by atoms with van der Waals surface area (Å²) in [6.45, 7) is 3.76. The number of hydrogen-bond acceptors (Lipinski definition) is 2. The summed E-state index contributed by atoms with van der Waals surface area (Å²) in [4.78, 5) is 24.5. The van der Waals surface area contributed by atoms with Crippen LogP contribution >= 0.6 is 0 Å². The predicted molar refractivity (Wildman–Crippen MR) is 88.5 cm³/mol. The van der Waals surface area contributed by atoms with Crippen molar-refractivity contribution < 1.29 is 14.0 Å². The number of nitrogens with one attached hydrogen (secondary N) is 3. The van der Waals surface area contributed by atoms with Gasteiger partial charge in [0, 0.05) is 16.9 Å². The van der Waals surface area contributed by atoms with E-state index in [4.69, 9.17) is 0 Å². The lowest BCUT2D eigenvalue weighted by molar-refractivity contribution is -0.119. The zero-order chi connectivity index (χ0) is 17.1. The average molecular weight is 325 g/mol. The van der Waals surface area contributed by atoms with Crippen LogP contribution in [0.5, 0.6) is 0 Å². The van der Waals surface area contributed by atoms with Crippen LogP contribution in [0.3, 0.4) is 0 Å². The van der Waals surface area contributed by atoms with Crippen LogP contribution in [0, 0.1) is 11.7 Å². The standard InChI is InChI=1S/C18H16FN3O2/c1-11-15(17(23)21-12-7-3-2-4-8-12)16(22-18(24)20-11)13-9-5-6-10-14(13)19/h2-10,15-16H,1H2,(H,21,23)(H2,20,22,24). The third-order valence-corrected chi connectivity index (χ3v) is 3.83. The van der Waals surface area contributed by atoms with Gasteiger partial charge in [-0.2, -0.15) is 0 Å². The van der Waals surface area contributed by atoms with E-state index in [0.29, 0.717) is 5.69 Å². The van der Waals surface area contributed by atoms with Gasteiger partial charge in [0.15, 0.2) is 0 Å². The fourth-order valence-electron chi connectivity index (χ4n) is 2.72. The molecule has 1 aliphatic rings. The van der Waals surface area contributed by atoms with Crippen molar-refractivity contribution in [1.82, 2.24) is 10.6 Å². The molecule has 2 atom stereocenters. The topological polar surface area (TPSA) is 70.2 Å². The molecule has 0 aromatic heterocycles. The lowest BCUT2D eigenvalue weighted by Crippen LogP contribution is -2.52. The molecule has 3 N–H and O–H groups in total. The molecule has 6 heteroatoms. The Balaban J connectivity index is 1.92. The molecule has 0 aliphatic carbocycles. The lowest BCUT2D eigenvalue weighted by Gasteiger charge is -2.34. The highest BCUT2D eigenvalue weighted by atomic mass is 19.1. The van der Waals surface area contributed by atoms with E-state index < -0.39 is 23.8 Å². The summed E-state index contributed by atoms with van der Waals surface area (Å²) >= 11 is 0. The van der Waals surface area contributed by atoms with Crippen molar-refractivity contribution in [2.75, 3.05) is 5.32 Å². The number of halogens is 1. The molecule has 1 fully saturated rings. The van der Waals surface area contributed by atoms with E-state index in [2.05, 4.69) is 22.5 Å². The molecule has 1 aliphatic heterocycles. The molecule has 1 heterocycles. The number of urea groups is 1. The minimum atomic E-state index is -0.847. The Bertz CT molecular complexity index is 792. The molecule has 2 aromatic rings. The van der Waals surface area contributed by atoms with Gasteiger partial charge in [-0.15, -0.1) is 0 Å². The first-order chi connectivity index (χ1) is 11.6.